The summed E-state index contributed by atoms with van der Waals surface area (Å²) in [7, 11) is 0. The van der Waals surface area contributed by atoms with Crippen molar-refractivity contribution in [2.24, 2.45) is 5.73 Å². The maximum absolute atomic E-state index is 6.04. The normalized spacial score (nSPS) is 10.7. The Morgan fingerprint density at radius 1 is 1.37 bits per heavy atom. The Balaban J connectivity index is 2.05. The van der Waals surface area contributed by atoms with Crippen molar-refractivity contribution in [1.82, 2.24) is 4.98 Å². The Morgan fingerprint density at radius 2 is 2.16 bits per heavy atom. The Bertz CT molecular complexity index is 542. The zero-order valence-corrected chi connectivity index (χ0v) is 12.4. The maximum Gasteiger partial charge on any atom is 0.140 e. The van der Waals surface area contributed by atoms with E-state index in [2.05, 4.69) is 11.9 Å². The standard InChI is InChI=1S/C14H17ClN2OS/c1-2-5-11-13(8-16)19-14(17-11)9-18-12-7-4-3-6-10(12)15/h3-4,6-7H,2,5,8-9,16H2,1H3. The summed E-state index contributed by atoms with van der Waals surface area (Å²) in [5.74, 6) is 0.686. The van der Waals surface area contributed by atoms with Crippen LogP contribution < -0.4 is 10.5 Å². The molecule has 102 valence electrons. The number of para-hydroxylation sites is 1. The van der Waals surface area contributed by atoms with Crippen molar-refractivity contribution in [3.63, 3.8) is 0 Å². The van der Waals surface area contributed by atoms with E-state index in [9.17, 15) is 0 Å². The lowest BCUT2D eigenvalue weighted by atomic mass is 10.2. The molecular weight excluding hydrogens is 280 g/mol. The summed E-state index contributed by atoms with van der Waals surface area (Å²) < 4.78 is 5.69. The third-order valence-electron chi connectivity index (χ3n) is 2.68. The first-order valence-electron chi connectivity index (χ1n) is 6.29. The number of hydrogen-bond donors (Lipinski definition) is 1. The fraction of sp³-hybridized carbons (Fsp3) is 0.357. The van der Waals surface area contributed by atoms with Gasteiger partial charge in [-0.05, 0) is 18.6 Å². The fourth-order valence-electron chi connectivity index (χ4n) is 1.79. The summed E-state index contributed by atoms with van der Waals surface area (Å²) in [4.78, 5) is 5.74. The van der Waals surface area contributed by atoms with Gasteiger partial charge in [0.05, 0.1) is 10.7 Å². The second kappa shape index (κ2) is 6.89. The van der Waals surface area contributed by atoms with Crippen LogP contribution in [0, 0.1) is 0 Å². The molecule has 5 heteroatoms. The highest BCUT2D eigenvalue weighted by Crippen LogP contribution is 2.26. The van der Waals surface area contributed by atoms with Crippen LogP contribution in [0.3, 0.4) is 0 Å². The molecule has 1 aromatic carbocycles. The summed E-state index contributed by atoms with van der Waals surface area (Å²) in [5, 5.41) is 1.57. The third kappa shape index (κ3) is 3.69. The Hall–Kier alpha value is -1.10. The monoisotopic (exact) mass is 296 g/mol. The first-order chi connectivity index (χ1) is 9.24. The summed E-state index contributed by atoms with van der Waals surface area (Å²) in [6, 6.07) is 7.45. The van der Waals surface area contributed by atoms with Gasteiger partial charge in [0.25, 0.3) is 0 Å². The van der Waals surface area contributed by atoms with Crippen LogP contribution in [0.15, 0.2) is 24.3 Å². The van der Waals surface area contributed by atoms with Crippen molar-refractivity contribution < 1.29 is 4.74 Å². The van der Waals surface area contributed by atoms with Crippen molar-refractivity contribution >= 4 is 22.9 Å². The summed E-state index contributed by atoms with van der Waals surface area (Å²) in [6.07, 6.45) is 2.04. The fourth-order valence-corrected chi connectivity index (χ4v) is 2.89. The van der Waals surface area contributed by atoms with Crippen molar-refractivity contribution in [2.45, 2.75) is 32.9 Å². The van der Waals surface area contributed by atoms with E-state index in [1.54, 1.807) is 11.3 Å². The zero-order chi connectivity index (χ0) is 13.7. The maximum atomic E-state index is 6.04. The highest BCUT2D eigenvalue weighted by atomic mass is 35.5. The van der Waals surface area contributed by atoms with E-state index in [1.807, 2.05) is 24.3 Å². The number of hydrogen-bond acceptors (Lipinski definition) is 4. The number of benzene rings is 1. The molecule has 0 aliphatic rings. The van der Waals surface area contributed by atoms with E-state index >= 15 is 0 Å². The van der Waals surface area contributed by atoms with Crippen molar-refractivity contribution in [3.8, 4) is 5.75 Å². The third-order valence-corrected chi connectivity index (χ3v) is 4.09. The van der Waals surface area contributed by atoms with Crippen LogP contribution >= 0.6 is 22.9 Å². The average Bonchev–Trinajstić information content (AvgIpc) is 2.81. The predicted octanol–water partition coefficient (Wildman–Crippen LogP) is 3.79. The van der Waals surface area contributed by atoms with Crippen molar-refractivity contribution in [3.05, 3.63) is 44.9 Å². The molecule has 1 heterocycles. The van der Waals surface area contributed by atoms with Gasteiger partial charge in [-0.1, -0.05) is 37.1 Å². The van der Waals surface area contributed by atoms with Crippen molar-refractivity contribution in [2.75, 3.05) is 0 Å². The molecule has 2 rings (SSSR count). The van der Waals surface area contributed by atoms with E-state index in [-0.39, 0.29) is 0 Å². The molecule has 0 fully saturated rings. The van der Waals surface area contributed by atoms with E-state index in [0.29, 0.717) is 23.9 Å². The number of ether oxygens (including phenoxy) is 1. The molecule has 2 N–H and O–H groups in total. The summed E-state index contributed by atoms with van der Waals surface area (Å²) in [5.41, 5.74) is 6.84. The van der Waals surface area contributed by atoms with Gasteiger partial charge >= 0.3 is 0 Å². The Labute approximate surface area is 122 Å². The second-order valence-electron chi connectivity index (χ2n) is 4.15. The van der Waals surface area contributed by atoms with Crippen LogP contribution in [0.25, 0.3) is 0 Å². The summed E-state index contributed by atoms with van der Waals surface area (Å²) >= 11 is 7.66. The lowest BCUT2D eigenvalue weighted by Gasteiger charge is -2.05. The molecule has 0 saturated heterocycles. The number of thiazole rings is 1. The average molecular weight is 297 g/mol. The van der Waals surface area contributed by atoms with Gasteiger partial charge in [-0.25, -0.2) is 4.98 Å². The molecule has 0 spiro atoms. The van der Waals surface area contributed by atoms with E-state index < -0.39 is 0 Å². The number of aryl methyl sites for hydroxylation is 1. The predicted molar refractivity (Wildman–Crippen MR) is 79.8 cm³/mol. The molecule has 3 nitrogen and oxygen atoms in total. The van der Waals surface area contributed by atoms with Crippen LogP contribution in [0.2, 0.25) is 5.02 Å². The topological polar surface area (TPSA) is 48.1 Å². The van der Waals surface area contributed by atoms with Gasteiger partial charge in [-0.3, -0.25) is 0 Å². The van der Waals surface area contributed by atoms with E-state index in [1.165, 1.54) is 0 Å². The molecular formula is C14H17ClN2OS. The van der Waals surface area contributed by atoms with Gasteiger partial charge in [0, 0.05) is 11.4 Å². The van der Waals surface area contributed by atoms with Crippen LogP contribution in [0.5, 0.6) is 5.75 Å². The largest absolute Gasteiger partial charge is 0.485 e. The highest BCUT2D eigenvalue weighted by molar-refractivity contribution is 7.11. The van der Waals surface area contributed by atoms with Gasteiger partial charge in [-0.2, -0.15) is 0 Å². The molecule has 2 aromatic rings. The molecule has 0 aliphatic heterocycles. The minimum atomic E-state index is 0.436. The molecule has 1 aromatic heterocycles. The quantitative estimate of drug-likeness (QED) is 0.882. The Morgan fingerprint density at radius 3 is 2.84 bits per heavy atom. The molecule has 0 amide bonds. The number of rotatable bonds is 6. The molecule has 0 aliphatic carbocycles. The summed E-state index contributed by atoms with van der Waals surface area (Å²) in [6.45, 7) is 3.11. The molecule has 0 radical (unpaired) electrons. The number of halogens is 1. The first-order valence-corrected chi connectivity index (χ1v) is 7.49. The number of nitrogens with zero attached hydrogens (tertiary/aromatic N) is 1. The number of aromatic nitrogens is 1. The van der Waals surface area contributed by atoms with Crippen LogP contribution in [0.1, 0.15) is 28.9 Å². The lowest BCUT2D eigenvalue weighted by molar-refractivity contribution is 0.305. The smallest absolute Gasteiger partial charge is 0.140 e. The molecule has 0 bridgehead atoms. The van der Waals surface area contributed by atoms with Gasteiger partial charge < -0.3 is 10.5 Å². The highest BCUT2D eigenvalue weighted by Gasteiger charge is 2.10. The van der Waals surface area contributed by atoms with Crippen molar-refractivity contribution in [1.29, 1.82) is 0 Å². The lowest BCUT2D eigenvalue weighted by Crippen LogP contribution is -1.98. The SMILES string of the molecule is CCCc1nc(COc2ccccc2Cl)sc1CN. The van der Waals surface area contributed by atoms with Gasteiger partial charge in [-0.15, -0.1) is 11.3 Å². The molecule has 0 saturated carbocycles. The van der Waals surface area contributed by atoms with Gasteiger partial charge in [0.15, 0.2) is 0 Å². The van der Waals surface area contributed by atoms with Gasteiger partial charge in [0.1, 0.15) is 17.4 Å². The molecule has 0 atom stereocenters. The Kier molecular flexibility index (Phi) is 5.19. The minimum Gasteiger partial charge on any atom is -0.485 e. The van der Waals surface area contributed by atoms with Crippen LogP contribution in [-0.4, -0.2) is 4.98 Å². The minimum absolute atomic E-state index is 0.436. The van der Waals surface area contributed by atoms with Crippen LogP contribution in [-0.2, 0) is 19.6 Å². The van der Waals surface area contributed by atoms with E-state index in [4.69, 9.17) is 22.1 Å². The first kappa shape index (κ1) is 14.3. The molecule has 19 heavy (non-hydrogen) atoms. The molecule has 0 unspecified atom stereocenters. The van der Waals surface area contributed by atoms with E-state index in [0.717, 1.165) is 28.4 Å². The second-order valence-corrected chi connectivity index (χ2v) is 5.73. The number of nitrogens with two attached hydrogens (primary N) is 1. The van der Waals surface area contributed by atoms with Gasteiger partial charge in [0.2, 0.25) is 0 Å². The zero-order valence-electron chi connectivity index (χ0n) is 10.9. The van der Waals surface area contributed by atoms with Crippen LogP contribution in [0.4, 0.5) is 0 Å².